The first-order chi connectivity index (χ1) is 9.93. The summed E-state index contributed by atoms with van der Waals surface area (Å²) in [5.41, 5.74) is 6.41. The fourth-order valence-corrected chi connectivity index (χ4v) is 1.79. The van der Waals surface area contributed by atoms with Crippen LogP contribution in [0.15, 0.2) is 22.6 Å². The number of hydrogen-bond acceptors (Lipinski definition) is 7. The number of anilines is 1. The molecule has 110 valence electrons. The van der Waals surface area contributed by atoms with Gasteiger partial charge < -0.3 is 14.9 Å². The molecule has 2 rings (SSSR count). The van der Waals surface area contributed by atoms with Crippen molar-refractivity contribution in [1.29, 1.82) is 0 Å². The van der Waals surface area contributed by atoms with Crippen molar-refractivity contribution in [2.75, 3.05) is 12.3 Å². The second-order valence-corrected chi connectivity index (χ2v) is 4.21. The number of nitro groups is 1. The maximum atomic E-state index is 11.6. The summed E-state index contributed by atoms with van der Waals surface area (Å²) >= 11 is 0. The van der Waals surface area contributed by atoms with Gasteiger partial charge in [0.15, 0.2) is 0 Å². The number of oxazole rings is 1. The average molecular weight is 291 g/mol. The van der Waals surface area contributed by atoms with Crippen molar-refractivity contribution in [2.45, 2.75) is 13.8 Å². The lowest BCUT2D eigenvalue weighted by molar-refractivity contribution is -0.385. The van der Waals surface area contributed by atoms with E-state index in [2.05, 4.69) is 4.98 Å². The van der Waals surface area contributed by atoms with Gasteiger partial charge in [-0.1, -0.05) is 0 Å². The van der Waals surface area contributed by atoms with Crippen LogP contribution >= 0.6 is 0 Å². The number of nitro benzene ring substituents is 1. The average Bonchev–Trinajstić information content (AvgIpc) is 2.80. The first-order valence-corrected chi connectivity index (χ1v) is 6.12. The lowest BCUT2D eigenvalue weighted by Crippen LogP contribution is -2.07. The number of carbonyl (C=O) groups excluding carboxylic acids is 1. The molecule has 1 aromatic carbocycles. The lowest BCUT2D eigenvalue weighted by atomic mass is 10.1. The number of esters is 1. The standard InChI is InChI=1S/C13H13N3O5/c1-3-20-13(17)10-11(14)21-12(15-10)8-4-5-9(16(18)19)7(2)6-8/h4-6H,3,14H2,1-2H3. The molecule has 0 amide bonds. The zero-order valence-corrected chi connectivity index (χ0v) is 11.5. The molecule has 0 aliphatic rings. The molecule has 1 heterocycles. The fraction of sp³-hybridized carbons (Fsp3) is 0.231. The Bertz CT molecular complexity index is 708. The first-order valence-electron chi connectivity index (χ1n) is 6.12. The molecule has 8 nitrogen and oxygen atoms in total. The number of aryl methyl sites for hydroxylation is 1. The van der Waals surface area contributed by atoms with Crippen LogP contribution in [0.2, 0.25) is 0 Å². The number of nitrogen functional groups attached to an aromatic ring is 1. The van der Waals surface area contributed by atoms with Crippen LogP contribution in [0.1, 0.15) is 23.0 Å². The van der Waals surface area contributed by atoms with Crippen LogP contribution in [-0.4, -0.2) is 22.5 Å². The van der Waals surface area contributed by atoms with Crippen molar-refractivity contribution in [3.8, 4) is 11.5 Å². The van der Waals surface area contributed by atoms with Crippen LogP contribution in [-0.2, 0) is 4.74 Å². The van der Waals surface area contributed by atoms with Gasteiger partial charge in [-0.25, -0.2) is 4.79 Å². The molecule has 0 radical (unpaired) electrons. The molecule has 0 saturated carbocycles. The van der Waals surface area contributed by atoms with Gasteiger partial charge in [0.2, 0.25) is 17.5 Å². The summed E-state index contributed by atoms with van der Waals surface area (Å²) in [5, 5.41) is 10.8. The van der Waals surface area contributed by atoms with Crippen molar-refractivity contribution in [3.05, 3.63) is 39.6 Å². The number of ether oxygens (including phenoxy) is 1. The van der Waals surface area contributed by atoms with E-state index in [0.29, 0.717) is 11.1 Å². The second-order valence-electron chi connectivity index (χ2n) is 4.21. The van der Waals surface area contributed by atoms with Gasteiger partial charge in [0.1, 0.15) is 0 Å². The Morgan fingerprint density at radius 3 is 2.81 bits per heavy atom. The SMILES string of the molecule is CCOC(=O)c1nc(-c2ccc([N+](=O)[O-])c(C)c2)oc1N. The highest BCUT2D eigenvalue weighted by atomic mass is 16.6. The lowest BCUT2D eigenvalue weighted by Gasteiger charge is -1.99. The van der Waals surface area contributed by atoms with Crippen molar-refractivity contribution in [3.63, 3.8) is 0 Å². The summed E-state index contributed by atoms with van der Waals surface area (Å²) < 4.78 is 10.0. The molecule has 0 spiro atoms. The second kappa shape index (κ2) is 5.61. The number of hydrogen-bond donors (Lipinski definition) is 1. The van der Waals surface area contributed by atoms with Gasteiger partial charge in [-0.15, -0.1) is 0 Å². The third kappa shape index (κ3) is 2.83. The number of aromatic nitrogens is 1. The monoisotopic (exact) mass is 291 g/mol. The van der Waals surface area contributed by atoms with E-state index in [-0.39, 0.29) is 29.8 Å². The van der Waals surface area contributed by atoms with Crippen LogP contribution in [0.25, 0.3) is 11.5 Å². The largest absolute Gasteiger partial charge is 0.461 e. The molecule has 1 aromatic heterocycles. The molecular formula is C13H13N3O5. The number of nitrogens with zero attached hydrogens (tertiary/aromatic N) is 2. The normalized spacial score (nSPS) is 10.4. The van der Waals surface area contributed by atoms with Crippen molar-refractivity contribution >= 4 is 17.5 Å². The molecular weight excluding hydrogens is 278 g/mol. The minimum atomic E-state index is -0.677. The summed E-state index contributed by atoms with van der Waals surface area (Å²) in [6.07, 6.45) is 0. The molecule has 0 unspecified atom stereocenters. The van der Waals surface area contributed by atoms with Crippen LogP contribution in [0.4, 0.5) is 11.6 Å². The fourth-order valence-electron chi connectivity index (χ4n) is 1.79. The van der Waals surface area contributed by atoms with Crippen LogP contribution < -0.4 is 5.73 Å². The molecule has 0 saturated heterocycles. The van der Waals surface area contributed by atoms with E-state index >= 15 is 0 Å². The van der Waals surface area contributed by atoms with Gasteiger partial charge in [-0.05, 0) is 26.0 Å². The van der Waals surface area contributed by atoms with Gasteiger partial charge in [-0.2, -0.15) is 4.98 Å². The number of carbonyl (C=O) groups is 1. The maximum Gasteiger partial charge on any atom is 0.362 e. The number of nitrogens with two attached hydrogens (primary N) is 1. The molecule has 2 aromatic rings. The third-order valence-electron chi connectivity index (χ3n) is 2.76. The minimum absolute atomic E-state index is 0.0103. The van der Waals surface area contributed by atoms with Gasteiger partial charge in [0.25, 0.3) is 5.69 Å². The molecule has 2 N–H and O–H groups in total. The van der Waals surface area contributed by atoms with Gasteiger partial charge >= 0.3 is 5.97 Å². The van der Waals surface area contributed by atoms with Crippen LogP contribution in [0.3, 0.4) is 0 Å². The first kappa shape index (κ1) is 14.5. The molecule has 0 aliphatic carbocycles. The summed E-state index contributed by atoms with van der Waals surface area (Å²) in [7, 11) is 0. The Kier molecular flexibility index (Phi) is 3.88. The molecule has 0 fully saturated rings. The number of benzene rings is 1. The Labute approximate surface area is 119 Å². The molecule has 0 bridgehead atoms. The van der Waals surface area contributed by atoms with Gasteiger partial charge in [0, 0.05) is 17.2 Å². The van der Waals surface area contributed by atoms with E-state index in [1.807, 2.05) is 0 Å². The Morgan fingerprint density at radius 1 is 1.52 bits per heavy atom. The van der Waals surface area contributed by atoms with E-state index in [1.54, 1.807) is 19.9 Å². The highest BCUT2D eigenvalue weighted by molar-refractivity contribution is 5.92. The van der Waals surface area contributed by atoms with E-state index in [1.165, 1.54) is 12.1 Å². The Morgan fingerprint density at radius 2 is 2.24 bits per heavy atom. The molecule has 21 heavy (non-hydrogen) atoms. The van der Waals surface area contributed by atoms with E-state index in [9.17, 15) is 14.9 Å². The van der Waals surface area contributed by atoms with Gasteiger partial charge in [0.05, 0.1) is 11.5 Å². The Balaban J connectivity index is 2.39. The molecule has 0 aliphatic heterocycles. The van der Waals surface area contributed by atoms with E-state index < -0.39 is 10.9 Å². The Hall–Kier alpha value is -2.90. The van der Waals surface area contributed by atoms with Gasteiger partial charge in [-0.3, -0.25) is 10.1 Å². The van der Waals surface area contributed by atoms with E-state index in [0.717, 1.165) is 0 Å². The van der Waals surface area contributed by atoms with Crippen LogP contribution in [0.5, 0.6) is 0 Å². The molecule has 8 heteroatoms. The predicted molar refractivity (Wildman–Crippen MR) is 73.7 cm³/mol. The van der Waals surface area contributed by atoms with Crippen molar-refractivity contribution in [1.82, 2.24) is 4.98 Å². The summed E-state index contributed by atoms with van der Waals surface area (Å²) in [6.45, 7) is 3.45. The summed E-state index contributed by atoms with van der Waals surface area (Å²) in [4.78, 5) is 25.9. The van der Waals surface area contributed by atoms with E-state index in [4.69, 9.17) is 14.9 Å². The predicted octanol–water partition coefficient (Wildman–Crippen LogP) is 2.32. The quantitative estimate of drug-likeness (QED) is 0.521. The summed E-state index contributed by atoms with van der Waals surface area (Å²) in [6, 6.07) is 4.36. The maximum absolute atomic E-state index is 11.6. The zero-order valence-electron chi connectivity index (χ0n) is 11.5. The number of rotatable bonds is 4. The van der Waals surface area contributed by atoms with Crippen LogP contribution in [0, 0.1) is 17.0 Å². The topological polar surface area (TPSA) is 121 Å². The van der Waals surface area contributed by atoms with Crippen molar-refractivity contribution in [2.24, 2.45) is 0 Å². The smallest absolute Gasteiger partial charge is 0.362 e. The molecule has 0 atom stereocenters. The van der Waals surface area contributed by atoms with Crippen molar-refractivity contribution < 1.29 is 18.9 Å². The third-order valence-corrected chi connectivity index (χ3v) is 2.76. The zero-order chi connectivity index (χ0) is 15.6. The highest BCUT2D eigenvalue weighted by Gasteiger charge is 2.21. The summed E-state index contributed by atoms with van der Waals surface area (Å²) in [5.74, 6) is -0.725. The highest BCUT2D eigenvalue weighted by Crippen LogP contribution is 2.28. The minimum Gasteiger partial charge on any atom is -0.461 e.